The third-order valence-electron chi connectivity index (χ3n) is 2.76. The number of halogens is 3. The monoisotopic (exact) mass is 328 g/mol. The van der Waals surface area contributed by atoms with Crippen LogP contribution in [0.4, 0.5) is 0 Å². The van der Waals surface area contributed by atoms with Crippen LogP contribution < -0.4 is 4.74 Å². The van der Waals surface area contributed by atoms with Gasteiger partial charge in [0.15, 0.2) is 6.29 Å². The van der Waals surface area contributed by atoms with Crippen molar-refractivity contribution in [2.24, 2.45) is 0 Å². The van der Waals surface area contributed by atoms with E-state index in [4.69, 9.17) is 39.5 Å². The molecule has 0 amide bonds. The van der Waals surface area contributed by atoms with Gasteiger partial charge in [-0.05, 0) is 30.7 Å². The summed E-state index contributed by atoms with van der Waals surface area (Å²) in [5.74, 6) is 0.540. The maximum atomic E-state index is 10.8. The average molecular weight is 330 g/mol. The molecule has 0 aliphatic heterocycles. The van der Waals surface area contributed by atoms with E-state index in [0.29, 0.717) is 39.3 Å². The summed E-state index contributed by atoms with van der Waals surface area (Å²) in [4.78, 5) is 10.8. The SMILES string of the molecule is CCOc1cc(Cl)c(-c2ccc(C=O)c(Cl)c2)cc1Cl. The van der Waals surface area contributed by atoms with Crippen LogP contribution >= 0.6 is 34.8 Å². The zero-order chi connectivity index (χ0) is 14.7. The summed E-state index contributed by atoms with van der Waals surface area (Å²) in [5.41, 5.74) is 1.96. The fourth-order valence-corrected chi connectivity index (χ4v) is 2.51. The molecule has 0 saturated carbocycles. The Morgan fingerprint density at radius 2 is 1.80 bits per heavy atom. The van der Waals surface area contributed by atoms with Gasteiger partial charge >= 0.3 is 0 Å². The first-order valence-corrected chi connectivity index (χ1v) is 7.07. The Labute approximate surface area is 132 Å². The van der Waals surface area contributed by atoms with Gasteiger partial charge in [0.25, 0.3) is 0 Å². The maximum absolute atomic E-state index is 10.8. The Kier molecular flexibility index (Phi) is 4.92. The lowest BCUT2D eigenvalue weighted by molar-refractivity contribution is 0.112. The number of carbonyl (C=O) groups excluding carboxylic acids is 1. The van der Waals surface area contributed by atoms with E-state index in [-0.39, 0.29) is 0 Å². The Hall–Kier alpha value is -1.22. The van der Waals surface area contributed by atoms with Crippen molar-refractivity contribution < 1.29 is 9.53 Å². The van der Waals surface area contributed by atoms with Gasteiger partial charge < -0.3 is 4.74 Å². The van der Waals surface area contributed by atoms with Gasteiger partial charge in [0.2, 0.25) is 0 Å². The van der Waals surface area contributed by atoms with Crippen LogP contribution in [0.1, 0.15) is 17.3 Å². The number of ether oxygens (including phenoxy) is 1. The second kappa shape index (κ2) is 6.49. The van der Waals surface area contributed by atoms with Gasteiger partial charge in [-0.15, -0.1) is 0 Å². The molecule has 0 aliphatic carbocycles. The molecule has 0 atom stereocenters. The standard InChI is InChI=1S/C15H11Cl3O2/c1-2-20-15-7-13(17)11(6-14(15)18)9-3-4-10(8-19)12(16)5-9/h3-8H,2H2,1H3. The minimum Gasteiger partial charge on any atom is -0.492 e. The lowest BCUT2D eigenvalue weighted by Crippen LogP contribution is -1.93. The molecular formula is C15H11Cl3O2. The third-order valence-corrected chi connectivity index (χ3v) is 3.70. The highest BCUT2D eigenvalue weighted by Crippen LogP contribution is 2.37. The highest BCUT2D eigenvalue weighted by Gasteiger charge is 2.11. The first-order valence-electron chi connectivity index (χ1n) is 5.93. The van der Waals surface area contributed by atoms with Gasteiger partial charge in [0, 0.05) is 17.2 Å². The average Bonchev–Trinajstić information content (AvgIpc) is 2.42. The van der Waals surface area contributed by atoms with E-state index < -0.39 is 0 Å². The van der Waals surface area contributed by atoms with Gasteiger partial charge in [-0.2, -0.15) is 0 Å². The predicted molar refractivity (Wildman–Crippen MR) is 83.5 cm³/mol. The molecule has 0 radical (unpaired) electrons. The van der Waals surface area contributed by atoms with Crippen molar-refractivity contribution in [2.75, 3.05) is 6.61 Å². The molecule has 2 nitrogen and oxygen atoms in total. The summed E-state index contributed by atoms with van der Waals surface area (Å²) >= 11 is 18.4. The molecule has 0 aliphatic rings. The van der Waals surface area contributed by atoms with E-state index in [1.165, 1.54) is 0 Å². The van der Waals surface area contributed by atoms with E-state index in [9.17, 15) is 4.79 Å². The van der Waals surface area contributed by atoms with Gasteiger partial charge in [0.05, 0.1) is 21.7 Å². The molecule has 104 valence electrons. The van der Waals surface area contributed by atoms with Crippen molar-refractivity contribution in [1.29, 1.82) is 0 Å². The molecule has 0 saturated heterocycles. The molecule has 0 N–H and O–H groups in total. The number of benzene rings is 2. The van der Waals surface area contributed by atoms with Crippen molar-refractivity contribution in [3.8, 4) is 16.9 Å². The summed E-state index contributed by atoms with van der Waals surface area (Å²) in [6, 6.07) is 8.49. The molecule has 0 aromatic heterocycles. The van der Waals surface area contributed by atoms with Crippen molar-refractivity contribution in [2.45, 2.75) is 6.92 Å². The van der Waals surface area contributed by atoms with Crippen LogP contribution in [0.5, 0.6) is 5.75 Å². The predicted octanol–water partition coefficient (Wildman–Crippen LogP) is 5.53. The van der Waals surface area contributed by atoms with Crippen molar-refractivity contribution in [3.05, 3.63) is 51.0 Å². The lowest BCUT2D eigenvalue weighted by Gasteiger charge is -2.11. The fraction of sp³-hybridized carbons (Fsp3) is 0.133. The van der Waals surface area contributed by atoms with Crippen LogP contribution in [0, 0.1) is 0 Å². The fourth-order valence-electron chi connectivity index (χ4n) is 1.81. The highest BCUT2D eigenvalue weighted by molar-refractivity contribution is 6.36. The van der Waals surface area contributed by atoms with Gasteiger partial charge in [-0.25, -0.2) is 0 Å². The maximum Gasteiger partial charge on any atom is 0.151 e. The molecule has 0 heterocycles. The summed E-state index contributed by atoms with van der Waals surface area (Å²) in [6.07, 6.45) is 0.707. The Bertz CT molecular complexity index is 654. The van der Waals surface area contributed by atoms with Crippen LogP contribution in [-0.2, 0) is 0 Å². The van der Waals surface area contributed by atoms with Crippen LogP contribution in [0.25, 0.3) is 11.1 Å². The molecular weight excluding hydrogens is 319 g/mol. The quantitative estimate of drug-likeness (QED) is 0.690. The number of hydrogen-bond donors (Lipinski definition) is 0. The first-order chi connectivity index (χ1) is 9.56. The largest absolute Gasteiger partial charge is 0.492 e. The molecule has 0 bridgehead atoms. The van der Waals surface area contributed by atoms with Crippen molar-refractivity contribution in [3.63, 3.8) is 0 Å². The van der Waals surface area contributed by atoms with Crippen molar-refractivity contribution in [1.82, 2.24) is 0 Å². The molecule has 2 rings (SSSR count). The van der Waals surface area contributed by atoms with Crippen molar-refractivity contribution >= 4 is 41.1 Å². The molecule has 20 heavy (non-hydrogen) atoms. The zero-order valence-electron chi connectivity index (χ0n) is 10.6. The number of rotatable bonds is 4. The minimum absolute atomic E-state index is 0.374. The smallest absolute Gasteiger partial charge is 0.151 e. The topological polar surface area (TPSA) is 26.3 Å². The van der Waals surface area contributed by atoms with Gasteiger partial charge in [-0.3, -0.25) is 4.79 Å². The second-order valence-corrected chi connectivity index (χ2v) is 5.27. The summed E-state index contributed by atoms with van der Waals surface area (Å²) in [5, 5.41) is 1.35. The van der Waals surface area contributed by atoms with E-state index >= 15 is 0 Å². The number of carbonyl (C=O) groups is 1. The number of aldehydes is 1. The molecule has 0 spiro atoms. The Morgan fingerprint density at radius 1 is 1.05 bits per heavy atom. The van der Waals surface area contributed by atoms with E-state index in [1.54, 1.807) is 30.3 Å². The zero-order valence-corrected chi connectivity index (χ0v) is 12.9. The van der Waals surface area contributed by atoms with Crippen LogP contribution in [0.2, 0.25) is 15.1 Å². The van der Waals surface area contributed by atoms with Gasteiger partial charge in [-0.1, -0.05) is 40.9 Å². The lowest BCUT2D eigenvalue weighted by atomic mass is 10.0. The molecule has 0 fully saturated rings. The van der Waals surface area contributed by atoms with E-state index in [1.807, 2.05) is 6.92 Å². The summed E-state index contributed by atoms with van der Waals surface area (Å²) < 4.78 is 5.38. The molecule has 2 aromatic carbocycles. The van der Waals surface area contributed by atoms with Gasteiger partial charge in [0.1, 0.15) is 5.75 Å². The van der Waals surface area contributed by atoms with E-state index in [2.05, 4.69) is 0 Å². The summed E-state index contributed by atoms with van der Waals surface area (Å²) in [6.45, 7) is 2.38. The Balaban J connectivity index is 2.50. The Morgan fingerprint density at radius 3 is 2.40 bits per heavy atom. The normalized spacial score (nSPS) is 10.4. The highest BCUT2D eigenvalue weighted by atomic mass is 35.5. The molecule has 2 aromatic rings. The van der Waals surface area contributed by atoms with Crippen LogP contribution in [-0.4, -0.2) is 12.9 Å². The molecule has 5 heteroatoms. The minimum atomic E-state index is 0.374. The second-order valence-electron chi connectivity index (χ2n) is 4.05. The van der Waals surface area contributed by atoms with Crippen LogP contribution in [0.3, 0.4) is 0 Å². The molecule has 0 unspecified atom stereocenters. The summed E-state index contributed by atoms with van der Waals surface area (Å²) in [7, 11) is 0. The third kappa shape index (κ3) is 3.09. The first kappa shape index (κ1) is 15.2. The van der Waals surface area contributed by atoms with E-state index in [0.717, 1.165) is 11.1 Å². The van der Waals surface area contributed by atoms with Crippen LogP contribution in [0.15, 0.2) is 30.3 Å². The number of hydrogen-bond acceptors (Lipinski definition) is 2.